The molecule has 0 saturated heterocycles. The molecule has 0 aliphatic rings. The van der Waals surface area contributed by atoms with E-state index in [0.717, 1.165) is 5.56 Å². The van der Waals surface area contributed by atoms with Gasteiger partial charge in [0.05, 0.1) is 22.1 Å². The molecule has 0 spiro atoms. The van der Waals surface area contributed by atoms with Crippen LogP contribution in [0.2, 0.25) is 10.0 Å². The van der Waals surface area contributed by atoms with Crippen molar-refractivity contribution in [2.75, 3.05) is 0 Å². The van der Waals surface area contributed by atoms with E-state index < -0.39 is 11.9 Å². The van der Waals surface area contributed by atoms with Crippen molar-refractivity contribution in [3.63, 3.8) is 0 Å². The molecule has 2 aromatic carbocycles. The van der Waals surface area contributed by atoms with Gasteiger partial charge in [-0.3, -0.25) is 4.79 Å². The molecule has 4 nitrogen and oxygen atoms in total. The number of benzene rings is 2. The highest BCUT2D eigenvalue weighted by molar-refractivity contribution is 6.32. The smallest absolute Gasteiger partial charge is 0.310 e. The van der Waals surface area contributed by atoms with Crippen LogP contribution in [0.25, 0.3) is 0 Å². The van der Waals surface area contributed by atoms with Crippen molar-refractivity contribution in [2.45, 2.75) is 39.4 Å². The average Bonchev–Trinajstić information content (AvgIpc) is 2.54. The Hall–Kier alpha value is -1.91. The average molecular weight is 383 g/mol. The Morgan fingerprint density at radius 1 is 1.04 bits per heavy atom. The largest absolute Gasteiger partial charge is 0.489 e. The van der Waals surface area contributed by atoms with Crippen LogP contribution in [0.15, 0.2) is 36.4 Å². The lowest BCUT2D eigenvalue weighted by molar-refractivity contribution is -0.138. The number of hydrogen-bond acceptors (Lipinski definition) is 3. The lowest BCUT2D eigenvalue weighted by Crippen LogP contribution is -2.07. The predicted molar refractivity (Wildman–Crippen MR) is 99.1 cm³/mol. The zero-order valence-electron chi connectivity index (χ0n) is 14.3. The maximum Gasteiger partial charge on any atom is 0.310 e. The van der Waals surface area contributed by atoms with Crippen molar-refractivity contribution in [3.8, 4) is 11.5 Å². The van der Waals surface area contributed by atoms with Crippen molar-refractivity contribution in [1.29, 1.82) is 0 Å². The summed E-state index contributed by atoms with van der Waals surface area (Å²) in [6.07, 6.45) is 0.0464. The van der Waals surface area contributed by atoms with Crippen LogP contribution in [0.3, 0.4) is 0 Å². The lowest BCUT2D eigenvalue weighted by Gasteiger charge is -2.14. The molecule has 0 aromatic heterocycles. The molecule has 0 radical (unpaired) electrons. The summed E-state index contributed by atoms with van der Waals surface area (Å²) in [5, 5.41) is 9.95. The van der Waals surface area contributed by atoms with Gasteiger partial charge in [0.1, 0.15) is 18.1 Å². The van der Waals surface area contributed by atoms with Crippen molar-refractivity contribution in [3.05, 3.63) is 57.6 Å². The summed E-state index contributed by atoms with van der Waals surface area (Å²) in [5.74, 6) is -0.408. The fraction of sp³-hybridized carbons (Fsp3) is 0.316. The molecule has 134 valence electrons. The van der Waals surface area contributed by atoms with Gasteiger partial charge in [0.15, 0.2) is 0 Å². The van der Waals surface area contributed by atoms with Crippen molar-refractivity contribution < 1.29 is 19.4 Å². The Bertz CT molecular complexity index is 759. The van der Waals surface area contributed by atoms with Crippen LogP contribution in [-0.4, -0.2) is 17.2 Å². The molecule has 0 heterocycles. The third-order valence-electron chi connectivity index (χ3n) is 3.58. The quantitative estimate of drug-likeness (QED) is 0.681. The summed E-state index contributed by atoms with van der Waals surface area (Å²) < 4.78 is 11.3. The van der Waals surface area contributed by atoms with Crippen LogP contribution >= 0.6 is 23.2 Å². The van der Waals surface area contributed by atoms with Crippen LogP contribution < -0.4 is 9.47 Å². The van der Waals surface area contributed by atoms with Crippen LogP contribution in [-0.2, 0) is 11.4 Å². The molecule has 0 saturated carbocycles. The van der Waals surface area contributed by atoms with Crippen LogP contribution in [0.1, 0.15) is 37.8 Å². The first-order valence-electron chi connectivity index (χ1n) is 7.88. The molecule has 1 N–H and O–H groups in total. The topological polar surface area (TPSA) is 55.8 Å². The van der Waals surface area contributed by atoms with E-state index in [-0.39, 0.29) is 12.7 Å². The molecule has 0 aliphatic heterocycles. The first kappa shape index (κ1) is 19.4. The highest BCUT2D eigenvalue weighted by Crippen LogP contribution is 2.31. The second-order valence-corrected chi connectivity index (χ2v) is 6.78. The molecule has 0 unspecified atom stereocenters. The minimum Gasteiger partial charge on any atom is -0.489 e. The van der Waals surface area contributed by atoms with Gasteiger partial charge in [-0.1, -0.05) is 35.3 Å². The fourth-order valence-corrected chi connectivity index (χ4v) is 2.68. The van der Waals surface area contributed by atoms with Crippen molar-refractivity contribution >= 4 is 29.2 Å². The summed E-state index contributed by atoms with van der Waals surface area (Å²) in [6.45, 7) is 5.76. The van der Waals surface area contributed by atoms with E-state index in [1.807, 2.05) is 19.9 Å². The molecule has 1 atom stereocenters. The van der Waals surface area contributed by atoms with E-state index in [9.17, 15) is 4.79 Å². The van der Waals surface area contributed by atoms with E-state index in [4.69, 9.17) is 37.8 Å². The highest BCUT2D eigenvalue weighted by Gasteiger charge is 2.15. The number of halogens is 2. The number of ether oxygens (including phenoxy) is 2. The minimum absolute atomic E-state index is 0.0464. The molecule has 0 amide bonds. The highest BCUT2D eigenvalue weighted by atomic mass is 35.5. The van der Waals surface area contributed by atoms with E-state index in [2.05, 4.69) is 0 Å². The number of carboxylic acids is 1. The van der Waals surface area contributed by atoms with Crippen LogP contribution in [0.4, 0.5) is 0 Å². The maximum atomic E-state index is 11.0. The Labute approximate surface area is 157 Å². The molecule has 0 aliphatic carbocycles. The SMILES string of the molecule is CC(C)Oc1ccc(COc2ccc([C@H](C)C(=O)O)cc2Cl)cc1Cl. The van der Waals surface area contributed by atoms with Crippen LogP contribution in [0, 0.1) is 0 Å². The van der Waals surface area contributed by atoms with Crippen molar-refractivity contribution in [1.82, 2.24) is 0 Å². The first-order chi connectivity index (χ1) is 11.8. The molecule has 2 rings (SSSR count). The van der Waals surface area contributed by atoms with Gasteiger partial charge in [0.25, 0.3) is 0 Å². The summed E-state index contributed by atoms with van der Waals surface area (Å²) in [4.78, 5) is 11.0. The third-order valence-corrected chi connectivity index (χ3v) is 4.17. The molecule has 0 fully saturated rings. The first-order valence-corrected chi connectivity index (χ1v) is 8.63. The van der Waals surface area contributed by atoms with Gasteiger partial charge in [-0.25, -0.2) is 0 Å². The van der Waals surface area contributed by atoms with Gasteiger partial charge in [-0.2, -0.15) is 0 Å². The Morgan fingerprint density at radius 3 is 2.24 bits per heavy atom. The zero-order valence-corrected chi connectivity index (χ0v) is 15.8. The van der Waals surface area contributed by atoms with Gasteiger partial charge in [-0.05, 0) is 56.2 Å². The molecule has 2 aromatic rings. The van der Waals surface area contributed by atoms with E-state index >= 15 is 0 Å². The van der Waals surface area contributed by atoms with Gasteiger partial charge in [-0.15, -0.1) is 0 Å². The summed E-state index contributed by atoms with van der Waals surface area (Å²) >= 11 is 12.4. The molecule has 6 heteroatoms. The normalized spacial score (nSPS) is 12.1. The second-order valence-electron chi connectivity index (χ2n) is 5.97. The lowest BCUT2D eigenvalue weighted by atomic mass is 10.0. The number of aliphatic carboxylic acids is 1. The number of carboxylic acid groups (broad SMARTS) is 1. The zero-order chi connectivity index (χ0) is 18.6. The predicted octanol–water partition coefficient (Wildman–Crippen LogP) is 5.55. The summed E-state index contributed by atoms with van der Waals surface area (Å²) in [7, 11) is 0. The van der Waals surface area contributed by atoms with Crippen molar-refractivity contribution in [2.24, 2.45) is 0 Å². The van der Waals surface area contributed by atoms with Gasteiger partial charge < -0.3 is 14.6 Å². The van der Waals surface area contributed by atoms with E-state index in [1.165, 1.54) is 0 Å². The third kappa shape index (κ3) is 5.28. The monoisotopic (exact) mass is 382 g/mol. The molecule has 25 heavy (non-hydrogen) atoms. The second kappa shape index (κ2) is 8.45. The number of rotatable bonds is 7. The summed E-state index contributed by atoms with van der Waals surface area (Å²) in [5.41, 5.74) is 1.50. The molecule has 0 bridgehead atoms. The maximum absolute atomic E-state index is 11.0. The molecular formula is C19H20Cl2O4. The fourth-order valence-electron chi connectivity index (χ4n) is 2.19. The Kier molecular flexibility index (Phi) is 6.57. The van der Waals surface area contributed by atoms with E-state index in [1.54, 1.807) is 37.3 Å². The molecular weight excluding hydrogens is 363 g/mol. The Morgan fingerprint density at radius 2 is 1.68 bits per heavy atom. The van der Waals surface area contributed by atoms with Gasteiger partial charge in [0, 0.05) is 0 Å². The Balaban J connectivity index is 2.06. The van der Waals surface area contributed by atoms with E-state index in [0.29, 0.717) is 27.1 Å². The standard InChI is InChI=1S/C19H20Cl2O4/c1-11(2)25-18-6-4-13(8-15(18)20)10-24-17-7-5-14(9-16(17)21)12(3)19(22)23/h4-9,11-12H,10H2,1-3H3,(H,22,23)/t12-/m0/s1. The summed E-state index contributed by atoms with van der Waals surface area (Å²) in [6, 6.07) is 10.5. The number of carbonyl (C=O) groups is 1. The van der Waals surface area contributed by atoms with Gasteiger partial charge >= 0.3 is 5.97 Å². The minimum atomic E-state index is -0.900. The van der Waals surface area contributed by atoms with Gasteiger partial charge in [0.2, 0.25) is 0 Å². The van der Waals surface area contributed by atoms with Crippen LogP contribution in [0.5, 0.6) is 11.5 Å². The number of hydrogen-bond donors (Lipinski definition) is 1.